The van der Waals surface area contributed by atoms with Crippen LogP contribution in [0.5, 0.6) is 0 Å². The van der Waals surface area contributed by atoms with E-state index in [4.69, 9.17) is 23.2 Å². The van der Waals surface area contributed by atoms with Crippen LogP contribution in [0, 0.1) is 0 Å². The van der Waals surface area contributed by atoms with Crippen LogP contribution in [0.15, 0.2) is 23.1 Å². The van der Waals surface area contributed by atoms with Crippen molar-refractivity contribution in [1.82, 2.24) is 5.32 Å². The van der Waals surface area contributed by atoms with Crippen LogP contribution in [-0.4, -0.2) is 17.5 Å². The second-order valence-electron chi connectivity index (χ2n) is 3.88. The number of fused-ring (bicyclic) bond motifs is 1. The van der Waals surface area contributed by atoms with Gasteiger partial charge in [0.15, 0.2) is 0 Å². The fraction of sp³-hybridized carbons (Fsp3) is 0.417. The van der Waals surface area contributed by atoms with E-state index in [1.165, 1.54) is 4.90 Å². The van der Waals surface area contributed by atoms with Crippen molar-refractivity contribution in [3.05, 3.63) is 28.8 Å². The van der Waals surface area contributed by atoms with Gasteiger partial charge in [0.2, 0.25) is 5.91 Å². The van der Waals surface area contributed by atoms with E-state index < -0.39 is 0 Å². The third-order valence-electron chi connectivity index (χ3n) is 2.67. The van der Waals surface area contributed by atoms with Crippen molar-refractivity contribution < 1.29 is 4.79 Å². The molecule has 1 aliphatic rings. The number of carbonyl (C=O) groups excluding carboxylic acids is 1. The fourth-order valence-corrected chi connectivity index (χ4v) is 3.33. The molecule has 0 saturated heterocycles. The number of carbonyl (C=O) groups is 1. The topological polar surface area (TPSA) is 29.1 Å². The molecule has 1 unspecified atom stereocenters. The van der Waals surface area contributed by atoms with E-state index >= 15 is 0 Å². The van der Waals surface area contributed by atoms with Crippen molar-refractivity contribution in [3.63, 3.8) is 0 Å². The molecule has 1 aliphatic heterocycles. The summed E-state index contributed by atoms with van der Waals surface area (Å²) in [5, 5.41) is 3.72. The Kier molecular flexibility index (Phi) is 4.60. The smallest absolute Gasteiger partial charge is 0.221 e. The quantitative estimate of drug-likeness (QED) is 0.861. The molecule has 17 heavy (non-hydrogen) atoms. The molecule has 0 spiro atoms. The lowest BCUT2D eigenvalue weighted by Crippen LogP contribution is -2.30. The highest BCUT2D eigenvalue weighted by Gasteiger charge is 2.22. The van der Waals surface area contributed by atoms with E-state index in [1.807, 2.05) is 18.2 Å². The Morgan fingerprint density at radius 2 is 2.35 bits per heavy atom. The first-order chi connectivity index (χ1) is 8.20. The predicted octanol–water partition coefficient (Wildman–Crippen LogP) is 3.62. The van der Waals surface area contributed by atoms with Gasteiger partial charge in [-0.3, -0.25) is 4.79 Å². The molecule has 2 nitrogen and oxygen atoms in total. The van der Waals surface area contributed by atoms with Gasteiger partial charge in [0.1, 0.15) is 0 Å². The van der Waals surface area contributed by atoms with Crippen LogP contribution in [0.4, 0.5) is 0 Å². The number of alkyl halides is 1. The number of hydrogen-bond donors (Lipinski definition) is 1. The highest BCUT2D eigenvalue weighted by atomic mass is 35.5. The van der Waals surface area contributed by atoms with Crippen LogP contribution in [0.1, 0.15) is 24.4 Å². The van der Waals surface area contributed by atoms with Gasteiger partial charge in [0.05, 0.1) is 6.04 Å². The van der Waals surface area contributed by atoms with Gasteiger partial charge in [-0.05, 0) is 30.2 Å². The molecule has 1 aromatic rings. The Labute approximate surface area is 115 Å². The summed E-state index contributed by atoms with van der Waals surface area (Å²) in [5.74, 6) is 1.37. The summed E-state index contributed by atoms with van der Waals surface area (Å²) in [5.41, 5.74) is 1.12. The van der Waals surface area contributed by atoms with Crippen LogP contribution in [0.2, 0.25) is 5.02 Å². The van der Waals surface area contributed by atoms with Crippen molar-refractivity contribution in [1.29, 1.82) is 0 Å². The summed E-state index contributed by atoms with van der Waals surface area (Å²) >= 11 is 13.4. The summed E-state index contributed by atoms with van der Waals surface area (Å²) in [6.45, 7) is 0. The largest absolute Gasteiger partial charge is 0.349 e. The van der Waals surface area contributed by atoms with Gasteiger partial charge in [0.25, 0.3) is 0 Å². The number of hydrogen-bond acceptors (Lipinski definition) is 2. The lowest BCUT2D eigenvalue weighted by molar-refractivity contribution is -0.121. The van der Waals surface area contributed by atoms with Crippen molar-refractivity contribution in [2.75, 3.05) is 11.6 Å². The highest BCUT2D eigenvalue weighted by Crippen LogP contribution is 2.37. The molecule has 1 amide bonds. The normalized spacial score (nSPS) is 18.6. The van der Waals surface area contributed by atoms with Gasteiger partial charge in [-0.15, -0.1) is 23.4 Å². The minimum atomic E-state index is 0.00262. The number of rotatable bonds is 3. The Balaban J connectivity index is 2.16. The summed E-state index contributed by atoms with van der Waals surface area (Å²) < 4.78 is 0. The first kappa shape index (κ1) is 13.1. The molecular weight excluding hydrogens is 277 g/mol. The van der Waals surface area contributed by atoms with E-state index in [0.717, 1.165) is 17.7 Å². The van der Waals surface area contributed by atoms with Crippen LogP contribution in [0.3, 0.4) is 0 Å². The maximum Gasteiger partial charge on any atom is 0.221 e. The zero-order valence-corrected chi connectivity index (χ0v) is 11.5. The Bertz CT molecular complexity index is 425. The molecule has 0 aromatic heterocycles. The number of thioether (sulfide) groups is 1. The molecule has 1 heterocycles. The third-order valence-corrected chi connectivity index (χ3v) is 4.21. The van der Waals surface area contributed by atoms with Gasteiger partial charge in [-0.25, -0.2) is 0 Å². The predicted molar refractivity (Wildman–Crippen MR) is 73.0 cm³/mol. The van der Waals surface area contributed by atoms with Crippen molar-refractivity contribution in [2.24, 2.45) is 0 Å². The molecule has 1 aromatic carbocycles. The summed E-state index contributed by atoms with van der Waals surface area (Å²) in [6, 6.07) is 5.91. The minimum Gasteiger partial charge on any atom is -0.349 e. The Morgan fingerprint density at radius 3 is 3.12 bits per heavy atom. The van der Waals surface area contributed by atoms with Crippen LogP contribution in [-0.2, 0) is 4.79 Å². The Morgan fingerprint density at radius 1 is 1.53 bits per heavy atom. The van der Waals surface area contributed by atoms with Gasteiger partial charge in [-0.2, -0.15) is 0 Å². The zero-order valence-electron chi connectivity index (χ0n) is 9.21. The van der Waals surface area contributed by atoms with E-state index in [0.29, 0.717) is 17.3 Å². The summed E-state index contributed by atoms with van der Waals surface area (Å²) in [7, 11) is 0. The van der Waals surface area contributed by atoms with Crippen molar-refractivity contribution >= 4 is 40.9 Å². The van der Waals surface area contributed by atoms with Gasteiger partial charge in [0, 0.05) is 28.0 Å². The molecule has 0 aliphatic carbocycles. The Hall–Kier alpha value is -0.380. The lowest BCUT2D eigenvalue weighted by atomic mass is 10.0. The molecule has 5 heteroatoms. The third kappa shape index (κ3) is 3.30. The number of nitrogens with one attached hydrogen (secondary N) is 1. The van der Waals surface area contributed by atoms with E-state index in [9.17, 15) is 4.79 Å². The van der Waals surface area contributed by atoms with Crippen molar-refractivity contribution in [2.45, 2.75) is 23.8 Å². The molecule has 1 N–H and O–H groups in total. The molecular formula is C12H13Cl2NOS. The fourth-order valence-electron chi connectivity index (χ4n) is 1.87. The summed E-state index contributed by atoms with van der Waals surface area (Å²) in [6.07, 6.45) is 1.30. The van der Waals surface area contributed by atoms with E-state index in [1.54, 1.807) is 11.8 Å². The van der Waals surface area contributed by atoms with Crippen LogP contribution >= 0.6 is 35.0 Å². The number of benzene rings is 1. The number of amides is 1. The van der Waals surface area contributed by atoms with Crippen molar-refractivity contribution in [3.8, 4) is 0 Å². The first-order valence-electron chi connectivity index (χ1n) is 5.48. The molecule has 0 bridgehead atoms. The number of halogens is 2. The average molecular weight is 290 g/mol. The zero-order chi connectivity index (χ0) is 12.3. The second kappa shape index (κ2) is 5.98. The van der Waals surface area contributed by atoms with Crippen LogP contribution in [0.25, 0.3) is 0 Å². The highest BCUT2D eigenvalue weighted by molar-refractivity contribution is 7.99. The van der Waals surface area contributed by atoms with Gasteiger partial charge >= 0.3 is 0 Å². The first-order valence-corrected chi connectivity index (χ1v) is 7.38. The SMILES string of the molecule is O=C(CCCl)NC1CCSc2ccc(Cl)cc21. The van der Waals surface area contributed by atoms with Gasteiger partial charge in [-0.1, -0.05) is 11.6 Å². The summed E-state index contributed by atoms with van der Waals surface area (Å²) in [4.78, 5) is 12.8. The van der Waals surface area contributed by atoms with E-state index in [-0.39, 0.29) is 11.9 Å². The molecule has 92 valence electrons. The molecule has 0 radical (unpaired) electrons. The van der Waals surface area contributed by atoms with E-state index in [2.05, 4.69) is 5.32 Å². The molecule has 0 saturated carbocycles. The molecule has 1 atom stereocenters. The van der Waals surface area contributed by atoms with Crippen LogP contribution < -0.4 is 5.32 Å². The standard InChI is InChI=1S/C12H13Cl2NOS/c13-5-3-12(16)15-10-4-6-17-11-2-1-8(14)7-9(10)11/h1-2,7,10H,3-6H2,(H,15,16). The molecule has 2 rings (SSSR count). The van der Waals surface area contributed by atoms with Gasteiger partial charge < -0.3 is 5.32 Å². The lowest BCUT2D eigenvalue weighted by Gasteiger charge is -2.26. The maximum atomic E-state index is 11.6. The maximum absolute atomic E-state index is 11.6. The monoisotopic (exact) mass is 289 g/mol. The second-order valence-corrected chi connectivity index (χ2v) is 5.83. The molecule has 0 fully saturated rings. The average Bonchev–Trinajstić information content (AvgIpc) is 2.30. The minimum absolute atomic E-state index is 0.00262.